The molecule has 0 radical (unpaired) electrons. The molecule has 1 fully saturated rings. The zero-order valence-electron chi connectivity index (χ0n) is 16.9. The van der Waals surface area contributed by atoms with Gasteiger partial charge >= 0.3 is 0 Å². The van der Waals surface area contributed by atoms with Gasteiger partial charge < -0.3 is 9.80 Å². The van der Waals surface area contributed by atoms with E-state index >= 15 is 0 Å². The van der Waals surface area contributed by atoms with E-state index < -0.39 is 0 Å². The van der Waals surface area contributed by atoms with E-state index in [9.17, 15) is 0 Å². The van der Waals surface area contributed by atoms with Gasteiger partial charge in [0.1, 0.15) is 10.8 Å². The molecule has 2 aromatic heterocycles. The molecule has 0 unspecified atom stereocenters. The largest absolute Gasteiger partial charge is 0.360 e. The first-order valence-electron chi connectivity index (χ1n) is 9.93. The molecule has 2 aromatic rings. The second-order valence-electron chi connectivity index (χ2n) is 8.07. The number of hydrogen-bond donors (Lipinski definition) is 0. The Morgan fingerprint density at radius 3 is 2.56 bits per heavy atom. The van der Waals surface area contributed by atoms with E-state index in [1.165, 1.54) is 35.5 Å². The minimum Gasteiger partial charge on any atom is -0.360 e. The number of nitrogens with zero attached hydrogens (tertiary/aromatic N) is 6. The van der Waals surface area contributed by atoms with Crippen LogP contribution in [0.25, 0.3) is 0 Å². The molecular weight excluding hydrogens is 356 g/mol. The highest BCUT2D eigenvalue weighted by molar-refractivity contribution is 7.09. The molecule has 2 aliphatic rings. The fourth-order valence-corrected chi connectivity index (χ4v) is 5.08. The van der Waals surface area contributed by atoms with Gasteiger partial charge in [-0.3, -0.25) is 4.90 Å². The number of piperidine rings is 1. The van der Waals surface area contributed by atoms with Gasteiger partial charge in [0.25, 0.3) is 0 Å². The van der Waals surface area contributed by atoms with Crippen LogP contribution in [0.3, 0.4) is 0 Å². The Morgan fingerprint density at radius 2 is 1.93 bits per heavy atom. The summed E-state index contributed by atoms with van der Waals surface area (Å²) in [4.78, 5) is 21.3. The Kier molecular flexibility index (Phi) is 5.07. The summed E-state index contributed by atoms with van der Waals surface area (Å²) in [6, 6.07) is 0. The summed E-state index contributed by atoms with van der Waals surface area (Å²) in [6.07, 6.45) is 6.60. The van der Waals surface area contributed by atoms with Gasteiger partial charge in [0.05, 0.1) is 12.2 Å². The van der Waals surface area contributed by atoms with E-state index in [1.807, 2.05) is 25.2 Å². The molecule has 146 valence electrons. The van der Waals surface area contributed by atoms with Crippen molar-refractivity contribution in [1.82, 2.24) is 19.9 Å². The van der Waals surface area contributed by atoms with E-state index in [0.29, 0.717) is 0 Å². The molecule has 0 atom stereocenters. The summed E-state index contributed by atoms with van der Waals surface area (Å²) in [7, 11) is 6.22. The van der Waals surface area contributed by atoms with Gasteiger partial charge in [-0.25, -0.2) is 9.97 Å². The number of fused-ring (bicyclic) bond motifs is 2. The van der Waals surface area contributed by atoms with Gasteiger partial charge in [0.2, 0.25) is 5.95 Å². The van der Waals surface area contributed by atoms with Crippen molar-refractivity contribution in [3.8, 4) is 0 Å². The molecule has 7 heteroatoms. The second kappa shape index (κ2) is 7.36. The fourth-order valence-electron chi connectivity index (χ4n) is 4.43. The van der Waals surface area contributed by atoms with Gasteiger partial charge in [-0.15, -0.1) is 11.3 Å². The van der Waals surface area contributed by atoms with Crippen LogP contribution in [-0.2, 0) is 18.4 Å². The third-order valence-corrected chi connectivity index (χ3v) is 6.99. The van der Waals surface area contributed by atoms with Crippen LogP contribution >= 0.6 is 11.3 Å². The monoisotopic (exact) mass is 386 g/mol. The number of thiazole rings is 1. The standard InChI is InChI=1S/C20H30N6S/c1-5-25(4)18-15-6-7-20(17(15)22-19(23-18)24(2)3)8-11-26(12-9-20)14-16-21-10-13-27-16/h10,13H,5-9,11-12,14H2,1-4H3. The van der Waals surface area contributed by atoms with Gasteiger partial charge in [-0.2, -0.15) is 4.98 Å². The van der Waals surface area contributed by atoms with Crippen LogP contribution in [0.5, 0.6) is 0 Å². The third-order valence-electron chi connectivity index (χ3n) is 6.22. The second-order valence-corrected chi connectivity index (χ2v) is 9.04. The molecule has 1 saturated heterocycles. The van der Waals surface area contributed by atoms with Gasteiger partial charge in [0, 0.05) is 50.2 Å². The molecule has 0 saturated carbocycles. The van der Waals surface area contributed by atoms with E-state index in [-0.39, 0.29) is 5.41 Å². The number of hydrogen-bond acceptors (Lipinski definition) is 7. The van der Waals surface area contributed by atoms with Crippen LogP contribution in [0.15, 0.2) is 11.6 Å². The average Bonchev–Trinajstić information content (AvgIpc) is 3.31. The summed E-state index contributed by atoms with van der Waals surface area (Å²) in [5.41, 5.74) is 2.94. The van der Waals surface area contributed by atoms with Crippen molar-refractivity contribution in [2.45, 2.75) is 44.6 Å². The fraction of sp³-hybridized carbons (Fsp3) is 0.650. The molecule has 6 nitrogen and oxygen atoms in total. The van der Waals surface area contributed by atoms with Crippen LogP contribution in [-0.4, -0.2) is 60.6 Å². The van der Waals surface area contributed by atoms with Crippen LogP contribution in [0.4, 0.5) is 11.8 Å². The van der Waals surface area contributed by atoms with Crippen molar-refractivity contribution in [2.75, 3.05) is 50.6 Å². The third kappa shape index (κ3) is 3.43. The van der Waals surface area contributed by atoms with Gasteiger partial charge in [-0.1, -0.05) is 0 Å². The summed E-state index contributed by atoms with van der Waals surface area (Å²) in [5, 5.41) is 3.29. The molecule has 0 bridgehead atoms. The maximum Gasteiger partial charge on any atom is 0.227 e. The number of anilines is 2. The van der Waals surface area contributed by atoms with Crippen molar-refractivity contribution in [3.63, 3.8) is 0 Å². The Morgan fingerprint density at radius 1 is 1.15 bits per heavy atom. The molecule has 3 heterocycles. The minimum atomic E-state index is 0.228. The summed E-state index contributed by atoms with van der Waals surface area (Å²) >= 11 is 1.76. The van der Waals surface area contributed by atoms with E-state index in [0.717, 1.165) is 44.4 Å². The number of likely N-dealkylation sites (tertiary alicyclic amines) is 1. The number of aromatic nitrogens is 3. The molecule has 1 aliphatic heterocycles. The Labute approximate surface area is 166 Å². The smallest absolute Gasteiger partial charge is 0.227 e. The predicted octanol–water partition coefficient (Wildman–Crippen LogP) is 2.94. The van der Waals surface area contributed by atoms with Crippen molar-refractivity contribution >= 4 is 23.1 Å². The van der Waals surface area contributed by atoms with Gasteiger partial charge in [-0.05, 0) is 45.7 Å². The topological polar surface area (TPSA) is 48.4 Å². The van der Waals surface area contributed by atoms with Crippen LogP contribution < -0.4 is 9.80 Å². The number of rotatable bonds is 5. The maximum absolute atomic E-state index is 5.07. The lowest BCUT2D eigenvalue weighted by Gasteiger charge is -2.39. The first-order valence-corrected chi connectivity index (χ1v) is 10.8. The van der Waals surface area contributed by atoms with E-state index in [4.69, 9.17) is 9.97 Å². The van der Waals surface area contributed by atoms with E-state index in [1.54, 1.807) is 11.3 Å². The summed E-state index contributed by atoms with van der Waals surface area (Å²) < 4.78 is 0. The Balaban J connectivity index is 1.60. The molecule has 4 rings (SSSR count). The molecule has 0 aromatic carbocycles. The Hall–Kier alpha value is -1.73. The molecular formula is C20H30N6S. The highest BCUT2D eigenvalue weighted by Crippen LogP contribution is 2.48. The summed E-state index contributed by atoms with van der Waals surface area (Å²) in [5.74, 6) is 1.98. The van der Waals surface area contributed by atoms with Crippen LogP contribution in [0.2, 0.25) is 0 Å². The Bertz CT molecular complexity index is 780. The highest BCUT2D eigenvalue weighted by Gasteiger charge is 2.44. The lowest BCUT2D eigenvalue weighted by atomic mass is 9.76. The van der Waals surface area contributed by atoms with Crippen molar-refractivity contribution in [1.29, 1.82) is 0 Å². The summed E-state index contributed by atoms with van der Waals surface area (Å²) in [6.45, 7) is 6.38. The first kappa shape index (κ1) is 18.6. The highest BCUT2D eigenvalue weighted by atomic mass is 32.1. The lowest BCUT2D eigenvalue weighted by Crippen LogP contribution is -2.41. The zero-order valence-corrected chi connectivity index (χ0v) is 17.7. The predicted molar refractivity (Wildman–Crippen MR) is 112 cm³/mol. The minimum absolute atomic E-state index is 0.228. The molecule has 1 aliphatic carbocycles. The lowest BCUT2D eigenvalue weighted by molar-refractivity contribution is 0.150. The molecule has 27 heavy (non-hydrogen) atoms. The maximum atomic E-state index is 5.07. The van der Waals surface area contributed by atoms with Crippen molar-refractivity contribution in [2.24, 2.45) is 0 Å². The normalized spacial score (nSPS) is 18.7. The van der Waals surface area contributed by atoms with Crippen LogP contribution in [0.1, 0.15) is 42.5 Å². The SMILES string of the molecule is CCN(C)c1nc(N(C)C)nc2c1CCC21CCN(Cc2nccs2)CC1. The van der Waals surface area contributed by atoms with Crippen molar-refractivity contribution < 1.29 is 0 Å². The average molecular weight is 387 g/mol. The van der Waals surface area contributed by atoms with Crippen LogP contribution in [0, 0.1) is 0 Å². The first-order chi connectivity index (χ1) is 13.0. The van der Waals surface area contributed by atoms with Gasteiger partial charge in [0.15, 0.2) is 0 Å². The van der Waals surface area contributed by atoms with E-state index in [2.05, 4.69) is 34.1 Å². The molecule has 0 amide bonds. The molecule has 1 spiro atoms. The quantitative estimate of drug-likeness (QED) is 0.787. The molecule has 0 N–H and O–H groups in total. The van der Waals surface area contributed by atoms with Crippen molar-refractivity contribution in [3.05, 3.63) is 27.8 Å². The zero-order chi connectivity index (χ0) is 19.0.